The molecule has 0 radical (unpaired) electrons. The molecular formula is C17H16N4O2. The minimum atomic E-state index is -0.277. The van der Waals surface area contributed by atoms with Gasteiger partial charge in [0.05, 0.1) is 16.9 Å². The normalized spacial score (nSPS) is 16.8. The van der Waals surface area contributed by atoms with Crippen molar-refractivity contribution in [3.63, 3.8) is 0 Å². The highest BCUT2D eigenvalue weighted by Gasteiger charge is 2.21. The molecule has 3 N–H and O–H groups in total. The van der Waals surface area contributed by atoms with Gasteiger partial charge in [0.2, 0.25) is 11.3 Å². The van der Waals surface area contributed by atoms with Gasteiger partial charge in [0, 0.05) is 23.6 Å². The van der Waals surface area contributed by atoms with Crippen molar-refractivity contribution in [2.75, 3.05) is 10.6 Å². The summed E-state index contributed by atoms with van der Waals surface area (Å²) in [5, 5.41) is 6.07. The molecule has 6 nitrogen and oxygen atoms in total. The van der Waals surface area contributed by atoms with Crippen LogP contribution in [0.15, 0.2) is 41.5 Å². The largest absolute Gasteiger partial charge is 0.372 e. The molecule has 0 spiro atoms. The number of hydrogen-bond donors (Lipinski definition) is 3. The van der Waals surface area contributed by atoms with Crippen molar-refractivity contribution in [2.24, 2.45) is 0 Å². The zero-order chi connectivity index (χ0) is 16.1. The van der Waals surface area contributed by atoms with Gasteiger partial charge in [0.15, 0.2) is 0 Å². The fraction of sp³-hybridized carbons (Fsp3) is 0.176. The quantitative estimate of drug-likeness (QED) is 0.646. The molecule has 1 amide bonds. The molecule has 1 unspecified atom stereocenters. The Morgan fingerprint density at radius 2 is 1.96 bits per heavy atom. The number of nitrogens with zero attached hydrogens (tertiary/aromatic N) is 1. The number of pyridine rings is 1. The van der Waals surface area contributed by atoms with Crippen molar-refractivity contribution in [2.45, 2.75) is 19.9 Å². The maximum atomic E-state index is 12.2. The summed E-state index contributed by atoms with van der Waals surface area (Å²) in [6.07, 6.45) is 3.60. The van der Waals surface area contributed by atoms with Crippen LogP contribution in [0.1, 0.15) is 12.5 Å². The van der Waals surface area contributed by atoms with Crippen LogP contribution in [-0.2, 0) is 4.79 Å². The second-order valence-electron chi connectivity index (χ2n) is 5.83. The van der Waals surface area contributed by atoms with Gasteiger partial charge < -0.3 is 20.2 Å². The minimum Gasteiger partial charge on any atom is -0.372 e. The zero-order valence-electron chi connectivity index (χ0n) is 12.8. The number of rotatable bonds is 1. The minimum absolute atomic E-state index is 0.0122. The zero-order valence-corrected chi connectivity index (χ0v) is 12.8. The number of aryl methyl sites for hydroxylation is 1. The molecule has 1 aliphatic heterocycles. The summed E-state index contributed by atoms with van der Waals surface area (Å²) >= 11 is 0. The molecule has 3 aromatic rings. The Labute approximate surface area is 132 Å². The summed E-state index contributed by atoms with van der Waals surface area (Å²) in [7, 11) is 0. The van der Waals surface area contributed by atoms with Crippen molar-refractivity contribution in [1.82, 2.24) is 9.55 Å². The van der Waals surface area contributed by atoms with Crippen molar-refractivity contribution in [3.05, 3.63) is 52.4 Å². The van der Waals surface area contributed by atoms with Crippen LogP contribution in [0.3, 0.4) is 0 Å². The number of carbonyl (C=O) groups is 1. The summed E-state index contributed by atoms with van der Waals surface area (Å²) in [6, 6.07) is 7.37. The first kappa shape index (κ1) is 13.6. The number of nitrogens with one attached hydrogen (secondary N) is 3. The number of carbonyl (C=O) groups excluding carboxylic acids is 1. The van der Waals surface area contributed by atoms with Crippen molar-refractivity contribution in [1.29, 1.82) is 0 Å². The second-order valence-corrected chi connectivity index (χ2v) is 5.83. The van der Waals surface area contributed by atoms with Crippen LogP contribution in [-0.4, -0.2) is 21.5 Å². The average Bonchev–Trinajstić information content (AvgIpc) is 3.01. The molecule has 1 atom stereocenters. The first-order valence-electron chi connectivity index (χ1n) is 7.46. The number of aromatic amines is 1. The first-order valence-corrected chi connectivity index (χ1v) is 7.46. The number of aromatic nitrogens is 2. The first-order chi connectivity index (χ1) is 11.0. The van der Waals surface area contributed by atoms with E-state index in [0.717, 1.165) is 22.6 Å². The molecule has 0 bridgehead atoms. The van der Waals surface area contributed by atoms with Crippen molar-refractivity contribution >= 4 is 28.3 Å². The SMILES string of the molecule is Cc1cn(-c2ccc3c(c2)NC(C)C(=O)N3)c2cc[nH]c2c1=O. The molecule has 23 heavy (non-hydrogen) atoms. The highest BCUT2D eigenvalue weighted by molar-refractivity contribution is 6.03. The summed E-state index contributed by atoms with van der Waals surface area (Å²) < 4.78 is 1.98. The summed E-state index contributed by atoms with van der Waals surface area (Å²) in [4.78, 5) is 26.9. The van der Waals surface area contributed by atoms with E-state index in [1.807, 2.05) is 42.0 Å². The predicted molar refractivity (Wildman–Crippen MR) is 90.3 cm³/mol. The van der Waals surface area contributed by atoms with Gasteiger partial charge in [-0.3, -0.25) is 9.59 Å². The number of H-pyrrole nitrogens is 1. The monoisotopic (exact) mass is 308 g/mol. The van der Waals surface area contributed by atoms with E-state index in [1.54, 1.807) is 13.1 Å². The molecule has 1 aliphatic rings. The Morgan fingerprint density at radius 1 is 1.13 bits per heavy atom. The van der Waals surface area contributed by atoms with E-state index in [0.29, 0.717) is 11.1 Å². The molecule has 2 aromatic heterocycles. The predicted octanol–water partition coefficient (Wildman–Crippen LogP) is 2.38. The third-order valence-corrected chi connectivity index (χ3v) is 4.20. The van der Waals surface area contributed by atoms with Gasteiger partial charge in [0.25, 0.3) is 0 Å². The molecule has 0 aliphatic carbocycles. The van der Waals surface area contributed by atoms with Crippen molar-refractivity contribution in [3.8, 4) is 5.69 Å². The number of anilines is 2. The van der Waals surface area contributed by atoms with Gasteiger partial charge in [-0.2, -0.15) is 0 Å². The van der Waals surface area contributed by atoms with Gasteiger partial charge in [-0.05, 0) is 38.1 Å². The van der Waals surface area contributed by atoms with Gasteiger partial charge in [-0.25, -0.2) is 0 Å². The Bertz CT molecular complexity index is 999. The lowest BCUT2D eigenvalue weighted by Crippen LogP contribution is -2.36. The lowest BCUT2D eigenvalue weighted by molar-refractivity contribution is -0.116. The average molecular weight is 308 g/mol. The van der Waals surface area contributed by atoms with Crippen LogP contribution in [0.5, 0.6) is 0 Å². The lowest BCUT2D eigenvalue weighted by atomic mass is 10.1. The molecule has 1 aromatic carbocycles. The van der Waals surface area contributed by atoms with Crippen LogP contribution in [0.4, 0.5) is 11.4 Å². The Morgan fingerprint density at radius 3 is 2.78 bits per heavy atom. The Balaban J connectivity index is 1.91. The van der Waals surface area contributed by atoms with Gasteiger partial charge in [0.1, 0.15) is 11.6 Å². The van der Waals surface area contributed by atoms with Crippen LogP contribution >= 0.6 is 0 Å². The van der Waals surface area contributed by atoms with Gasteiger partial charge in [-0.1, -0.05) is 0 Å². The summed E-state index contributed by atoms with van der Waals surface area (Å²) in [6.45, 7) is 3.62. The van der Waals surface area contributed by atoms with Crippen molar-refractivity contribution < 1.29 is 4.79 Å². The summed E-state index contributed by atoms with van der Waals surface area (Å²) in [5.74, 6) is -0.0440. The van der Waals surface area contributed by atoms with Crippen LogP contribution in [0.2, 0.25) is 0 Å². The third kappa shape index (κ3) is 2.03. The van der Waals surface area contributed by atoms with E-state index < -0.39 is 0 Å². The Kier molecular flexibility index (Phi) is 2.81. The molecule has 0 saturated carbocycles. The van der Waals surface area contributed by atoms with E-state index >= 15 is 0 Å². The van der Waals surface area contributed by atoms with Crippen LogP contribution < -0.4 is 16.1 Å². The van der Waals surface area contributed by atoms with E-state index in [9.17, 15) is 9.59 Å². The molecular weight excluding hydrogens is 292 g/mol. The van der Waals surface area contributed by atoms with E-state index in [-0.39, 0.29) is 17.4 Å². The number of amides is 1. The Hall–Kier alpha value is -3.02. The lowest BCUT2D eigenvalue weighted by Gasteiger charge is -2.25. The fourth-order valence-electron chi connectivity index (χ4n) is 2.93. The van der Waals surface area contributed by atoms with E-state index in [1.165, 1.54) is 0 Å². The third-order valence-electron chi connectivity index (χ3n) is 4.20. The van der Waals surface area contributed by atoms with E-state index in [2.05, 4.69) is 15.6 Å². The molecule has 0 fully saturated rings. The summed E-state index contributed by atoms with van der Waals surface area (Å²) in [5.41, 5.74) is 4.66. The fourth-order valence-corrected chi connectivity index (χ4v) is 2.93. The standard InChI is InChI=1S/C17H16N4O2/c1-9-8-21(14-5-6-18-15(14)16(9)22)11-3-4-12-13(7-11)19-10(2)17(23)20-12/h3-8,10,18-19H,1-2H3,(H,20,23). The topological polar surface area (TPSA) is 78.9 Å². The maximum Gasteiger partial charge on any atom is 0.246 e. The van der Waals surface area contributed by atoms with Crippen LogP contribution in [0, 0.1) is 6.92 Å². The molecule has 116 valence electrons. The molecule has 6 heteroatoms. The van der Waals surface area contributed by atoms with E-state index in [4.69, 9.17) is 0 Å². The van der Waals surface area contributed by atoms with Gasteiger partial charge >= 0.3 is 0 Å². The number of fused-ring (bicyclic) bond motifs is 2. The maximum absolute atomic E-state index is 12.2. The second kappa shape index (κ2) is 4.74. The highest BCUT2D eigenvalue weighted by Crippen LogP contribution is 2.30. The highest BCUT2D eigenvalue weighted by atomic mass is 16.2. The molecule has 4 rings (SSSR count). The van der Waals surface area contributed by atoms with Crippen LogP contribution in [0.25, 0.3) is 16.7 Å². The number of benzene rings is 1. The molecule has 3 heterocycles. The number of hydrogen-bond acceptors (Lipinski definition) is 3. The van der Waals surface area contributed by atoms with Gasteiger partial charge in [-0.15, -0.1) is 0 Å². The molecule has 0 saturated heterocycles. The smallest absolute Gasteiger partial charge is 0.246 e.